The number of rotatable bonds is 0. The van der Waals surface area contributed by atoms with E-state index in [1.807, 2.05) is 0 Å². The molecule has 3 nitrogen and oxygen atoms in total. The molecule has 0 aromatic heterocycles. The number of carbonyl (C=O) groups excluding carboxylic acids is 1. The van der Waals surface area contributed by atoms with Gasteiger partial charge in [0.2, 0.25) is 5.91 Å². The Morgan fingerprint density at radius 3 is 2.81 bits per heavy atom. The van der Waals surface area contributed by atoms with Crippen LogP contribution < -0.4 is 11.1 Å². The van der Waals surface area contributed by atoms with Crippen LogP contribution in [0.2, 0.25) is 0 Å². The molecule has 0 aliphatic carbocycles. The normalized spacial score (nSPS) is 24.6. The third-order valence-electron chi connectivity index (χ3n) is 2.81. The number of halogens is 2. The summed E-state index contributed by atoms with van der Waals surface area (Å²) >= 11 is 0. The van der Waals surface area contributed by atoms with Crippen molar-refractivity contribution >= 4 is 11.6 Å². The van der Waals surface area contributed by atoms with Crippen molar-refractivity contribution in [3.05, 3.63) is 29.3 Å². The molecule has 1 heterocycles. The Morgan fingerprint density at radius 2 is 2.12 bits per heavy atom. The minimum Gasteiger partial charge on any atom is -0.322 e. The summed E-state index contributed by atoms with van der Waals surface area (Å²) in [6.45, 7) is 1.79. The lowest BCUT2D eigenvalue weighted by atomic mass is 9.94. The Bertz CT molecular complexity index is 448. The molecule has 2 atom stereocenters. The molecular weight excluding hydrogens is 214 g/mol. The molecule has 1 aromatic rings. The number of hydrogen-bond donors (Lipinski definition) is 2. The van der Waals surface area contributed by atoms with E-state index < -0.39 is 23.6 Å². The number of benzene rings is 1. The molecule has 0 fully saturated rings. The van der Waals surface area contributed by atoms with Crippen LogP contribution in [-0.2, 0) is 4.79 Å². The fourth-order valence-electron chi connectivity index (χ4n) is 1.94. The van der Waals surface area contributed by atoms with Gasteiger partial charge in [-0.05, 0) is 24.0 Å². The maximum atomic E-state index is 13.5. The van der Waals surface area contributed by atoms with Gasteiger partial charge in [-0.15, -0.1) is 0 Å². The summed E-state index contributed by atoms with van der Waals surface area (Å²) in [5, 5.41) is 2.39. The summed E-state index contributed by atoms with van der Waals surface area (Å²) in [5.74, 6) is -2.00. The predicted molar refractivity (Wildman–Crippen MR) is 56.0 cm³/mol. The van der Waals surface area contributed by atoms with Gasteiger partial charge < -0.3 is 11.1 Å². The third kappa shape index (κ3) is 1.78. The zero-order valence-corrected chi connectivity index (χ0v) is 8.76. The van der Waals surface area contributed by atoms with Crippen LogP contribution in [0.4, 0.5) is 14.5 Å². The van der Waals surface area contributed by atoms with Crippen LogP contribution in [-0.4, -0.2) is 11.9 Å². The van der Waals surface area contributed by atoms with Crippen LogP contribution >= 0.6 is 0 Å². The van der Waals surface area contributed by atoms with E-state index in [-0.39, 0.29) is 11.6 Å². The zero-order valence-electron chi connectivity index (χ0n) is 8.76. The molecular formula is C11H12F2N2O. The lowest BCUT2D eigenvalue weighted by Gasteiger charge is -2.12. The van der Waals surface area contributed by atoms with E-state index in [9.17, 15) is 13.6 Å². The largest absolute Gasteiger partial charge is 0.322 e. The Balaban J connectivity index is 2.55. The van der Waals surface area contributed by atoms with Crippen molar-refractivity contribution in [2.24, 2.45) is 5.73 Å². The smallest absolute Gasteiger partial charge is 0.241 e. The van der Waals surface area contributed by atoms with Gasteiger partial charge >= 0.3 is 0 Å². The average Bonchev–Trinajstić information content (AvgIpc) is 2.29. The van der Waals surface area contributed by atoms with E-state index in [0.717, 1.165) is 6.07 Å². The lowest BCUT2D eigenvalue weighted by Crippen LogP contribution is -2.34. The molecule has 0 bridgehead atoms. The first kappa shape index (κ1) is 11.0. The van der Waals surface area contributed by atoms with Gasteiger partial charge in [0.05, 0.1) is 11.7 Å². The Morgan fingerprint density at radius 1 is 1.44 bits per heavy atom. The van der Waals surface area contributed by atoms with Gasteiger partial charge in [-0.1, -0.05) is 6.92 Å². The topological polar surface area (TPSA) is 55.1 Å². The van der Waals surface area contributed by atoms with Crippen molar-refractivity contribution in [3.8, 4) is 0 Å². The van der Waals surface area contributed by atoms with Crippen molar-refractivity contribution < 1.29 is 13.6 Å². The first-order valence-electron chi connectivity index (χ1n) is 5.04. The second-order valence-corrected chi connectivity index (χ2v) is 4.08. The highest BCUT2D eigenvalue weighted by molar-refractivity contribution is 5.96. The second kappa shape index (κ2) is 3.83. The molecule has 0 spiro atoms. The number of carbonyl (C=O) groups is 1. The molecule has 0 unspecified atom stereocenters. The van der Waals surface area contributed by atoms with Gasteiger partial charge in [0.1, 0.15) is 11.6 Å². The van der Waals surface area contributed by atoms with Crippen molar-refractivity contribution in [2.45, 2.75) is 25.3 Å². The van der Waals surface area contributed by atoms with Crippen LogP contribution in [0.25, 0.3) is 0 Å². The Kier molecular flexibility index (Phi) is 2.63. The number of anilines is 1. The molecule has 3 N–H and O–H groups in total. The predicted octanol–water partition coefficient (Wildman–Crippen LogP) is 1.74. The van der Waals surface area contributed by atoms with Crippen molar-refractivity contribution in [3.63, 3.8) is 0 Å². The first-order valence-corrected chi connectivity index (χ1v) is 5.04. The summed E-state index contributed by atoms with van der Waals surface area (Å²) in [6.07, 6.45) is 0.377. The van der Waals surface area contributed by atoms with Crippen molar-refractivity contribution in [2.75, 3.05) is 5.32 Å². The van der Waals surface area contributed by atoms with E-state index in [4.69, 9.17) is 5.73 Å². The van der Waals surface area contributed by atoms with Crippen molar-refractivity contribution in [1.29, 1.82) is 0 Å². The summed E-state index contributed by atoms with van der Waals surface area (Å²) in [6, 6.07) is 1.30. The second-order valence-electron chi connectivity index (χ2n) is 4.08. The van der Waals surface area contributed by atoms with Gasteiger partial charge in [0.15, 0.2) is 0 Å². The summed E-state index contributed by atoms with van der Waals surface area (Å²) in [7, 11) is 0. The van der Waals surface area contributed by atoms with Crippen LogP contribution in [0.15, 0.2) is 12.1 Å². The summed E-state index contributed by atoms with van der Waals surface area (Å²) in [5.41, 5.74) is 6.11. The Labute approximate surface area is 91.6 Å². The molecule has 16 heavy (non-hydrogen) atoms. The first-order chi connectivity index (χ1) is 7.49. The summed E-state index contributed by atoms with van der Waals surface area (Å²) < 4.78 is 26.6. The van der Waals surface area contributed by atoms with E-state index in [2.05, 4.69) is 5.32 Å². The molecule has 2 rings (SSSR count). The highest BCUT2D eigenvalue weighted by Gasteiger charge is 2.27. The number of fused-ring (bicyclic) bond motifs is 1. The minimum absolute atomic E-state index is 0.0480. The maximum absolute atomic E-state index is 13.5. The fourth-order valence-corrected chi connectivity index (χ4v) is 1.94. The third-order valence-corrected chi connectivity index (χ3v) is 2.81. The standard InChI is InChI=1S/C11H12F2N2O/c1-5-2-9(14)11(16)15-10-7(5)3-6(12)4-8(10)13/h3-5,9H,2,14H2,1H3,(H,15,16)/t5-,9-/m0/s1. The summed E-state index contributed by atoms with van der Waals surface area (Å²) in [4.78, 5) is 11.5. The van der Waals surface area contributed by atoms with Crippen LogP contribution in [0, 0.1) is 11.6 Å². The quantitative estimate of drug-likeness (QED) is 0.708. The molecule has 0 radical (unpaired) electrons. The van der Waals surface area contributed by atoms with Crippen LogP contribution in [0.5, 0.6) is 0 Å². The van der Waals surface area contributed by atoms with Gasteiger partial charge in [-0.3, -0.25) is 4.79 Å². The SMILES string of the molecule is C[C@H]1C[C@H](N)C(=O)Nc2c(F)cc(F)cc21. The molecule has 1 amide bonds. The number of nitrogens with two attached hydrogens (primary N) is 1. The van der Waals surface area contributed by atoms with E-state index in [0.29, 0.717) is 12.0 Å². The molecule has 0 saturated carbocycles. The van der Waals surface area contributed by atoms with Crippen molar-refractivity contribution in [1.82, 2.24) is 0 Å². The zero-order chi connectivity index (χ0) is 11.9. The number of nitrogens with one attached hydrogen (secondary N) is 1. The molecule has 1 aromatic carbocycles. The monoisotopic (exact) mass is 226 g/mol. The highest BCUT2D eigenvalue weighted by atomic mass is 19.1. The molecule has 86 valence electrons. The Hall–Kier alpha value is -1.49. The minimum atomic E-state index is -0.760. The maximum Gasteiger partial charge on any atom is 0.241 e. The highest BCUT2D eigenvalue weighted by Crippen LogP contribution is 2.33. The molecule has 0 saturated heterocycles. The fraction of sp³-hybridized carbons (Fsp3) is 0.364. The average molecular weight is 226 g/mol. The number of amides is 1. The van der Waals surface area contributed by atoms with Gasteiger partial charge in [0, 0.05) is 6.07 Å². The number of hydrogen-bond acceptors (Lipinski definition) is 2. The van der Waals surface area contributed by atoms with E-state index >= 15 is 0 Å². The van der Waals surface area contributed by atoms with E-state index in [1.165, 1.54) is 6.07 Å². The van der Waals surface area contributed by atoms with Crippen LogP contribution in [0.3, 0.4) is 0 Å². The van der Waals surface area contributed by atoms with Crippen LogP contribution in [0.1, 0.15) is 24.8 Å². The molecule has 1 aliphatic rings. The van der Waals surface area contributed by atoms with Gasteiger partial charge in [0.25, 0.3) is 0 Å². The van der Waals surface area contributed by atoms with Gasteiger partial charge in [-0.25, -0.2) is 8.78 Å². The van der Waals surface area contributed by atoms with E-state index in [1.54, 1.807) is 6.92 Å². The van der Waals surface area contributed by atoms with Gasteiger partial charge in [-0.2, -0.15) is 0 Å². The molecule has 5 heteroatoms. The molecule has 1 aliphatic heterocycles. The lowest BCUT2D eigenvalue weighted by molar-refractivity contribution is -0.117.